The normalized spacial score (nSPS) is 12.9. The molecular formula is C10H23N3O. The molecular weight excluding hydrogens is 178 g/mol. The number of hydrogen-bond donors (Lipinski definition) is 2. The van der Waals surface area contributed by atoms with Crippen molar-refractivity contribution in [1.29, 1.82) is 0 Å². The molecule has 0 bridgehead atoms. The summed E-state index contributed by atoms with van der Waals surface area (Å²) in [6.07, 6.45) is 1.54. The lowest BCUT2D eigenvalue weighted by Crippen LogP contribution is -2.29. The minimum atomic E-state index is 0.113. The summed E-state index contributed by atoms with van der Waals surface area (Å²) in [5.74, 6) is 0.394. The molecule has 1 amide bonds. The van der Waals surface area contributed by atoms with Crippen LogP contribution >= 0.6 is 0 Å². The molecule has 0 aliphatic heterocycles. The van der Waals surface area contributed by atoms with Crippen molar-refractivity contribution in [3.8, 4) is 0 Å². The first kappa shape index (κ1) is 13.4. The zero-order valence-electron chi connectivity index (χ0n) is 9.55. The first-order valence-electron chi connectivity index (χ1n) is 5.17. The summed E-state index contributed by atoms with van der Waals surface area (Å²) in [4.78, 5) is 13.4. The van der Waals surface area contributed by atoms with Gasteiger partial charge in [-0.1, -0.05) is 6.92 Å². The third-order valence-corrected chi connectivity index (χ3v) is 2.04. The monoisotopic (exact) mass is 201 g/mol. The van der Waals surface area contributed by atoms with Crippen molar-refractivity contribution < 1.29 is 4.79 Å². The fourth-order valence-corrected chi connectivity index (χ4v) is 1.10. The molecule has 0 saturated heterocycles. The minimum absolute atomic E-state index is 0.113. The van der Waals surface area contributed by atoms with Crippen LogP contribution in [0.15, 0.2) is 0 Å². The van der Waals surface area contributed by atoms with E-state index in [1.54, 1.807) is 0 Å². The molecule has 0 radical (unpaired) electrons. The third-order valence-electron chi connectivity index (χ3n) is 2.04. The highest BCUT2D eigenvalue weighted by Crippen LogP contribution is 1.97. The molecule has 84 valence electrons. The van der Waals surface area contributed by atoms with Gasteiger partial charge in [0.1, 0.15) is 0 Å². The molecule has 1 atom stereocenters. The first-order chi connectivity index (χ1) is 6.56. The molecule has 0 aromatic rings. The van der Waals surface area contributed by atoms with Gasteiger partial charge in [0.2, 0.25) is 5.91 Å². The minimum Gasteiger partial charge on any atom is -0.356 e. The second-order valence-corrected chi connectivity index (χ2v) is 4.05. The van der Waals surface area contributed by atoms with Crippen molar-refractivity contribution in [3.63, 3.8) is 0 Å². The molecule has 4 nitrogen and oxygen atoms in total. The lowest BCUT2D eigenvalue weighted by Gasteiger charge is -2.11. The molecule has 0 saturated carbocycles. The second kappa shape index (κ2) is 7.76. The van der Waals surface area contributed by atoms with Gasteiger partial charge in [0.05, 0.1) is 0 Å². The highest BCUT2D eigenvalue weighted by atomic mass is 16.1. The van der Waals surface area contributed by atoms with Crippen LogP contribution in [-0.2, 0) is 4.79 Å². The van der Waals surface area contributed by atoms with Gasteiger partial charge in [0, 0.05) is 13.0 Å². The zero-order valence-corrected chi connectivity index (χ0v) is 9.55. The summed E-state index contributed by atoms with van der Waals surface area (Å²) in [6, 6.07) is 0. The van der Waals surface area contributed by atoms with E-state index in [1.165, 1.54) is 0 Å². The van der Waals surface area contributed by atoms with Gasteiger partial charge in [-0.3, -0.25) is 4.79 Å². The maximum Gasteiger partial charge on any atom is 0.220 e. The van der Waals surface area contributed by atoms with Crippen LogP contribution in [0.4, 0.5) is 0 Å². The van der Waals surface area contributed by atoms with Crippen LogP contribution in [0.2, 0.25) is 0 Å². The van der Waals surface area contributed by atoms with Crippen LogP contribution in [0.5, 0.6) is 0 Å². The molecule has 0 spiro atoms. The van der Waals surface area contributed by atoms with Crippen LogP contribution in [0.3, 0.4) is 0 Å². The number of carbonyl (C=O) groups is 1. The molecule has 0 aromatic carbocycles. The molecule has 4 heteroatoms. The molecule has 0 fully saturated rings. The predicted octanol–water partition coefficient (Wildman–Crippen LogP) is 0.0392. The molecule has 0 heterocycles. The number of carbonyl (C=O) groups excluding carboxylic acids is 1. The Hall–Kier alpha value is -0.610. The molecule has 0 aliphatic carbocycles. The Morgan fingerprint density at radius 2 is 2.14 bits per heavy atom. The summed E-state index contributed by atoms with van der Waals surface area (Å²) in [5.41, 5.74) is 5.43. The number of nitrogens with zero attached hydrogens (tertiary/aromatic N) is 1. The van der Waals surface area contributed by atoms with E-state index in [9.17, 15) is 4.79 Å². The van der Waals surface area contributed by atoms with Crippen molar-refractivity contribution in [2.24, 2.45) is 11.7 Å². The van der Waals surface area contributed by atoms with Crippen molar-refractivity contribution in [1.82, 2.24) is 10.2 Å². The fourth-order valence-electron chi connectivity index (χ4n) is 1.10. The summed E-state index contributed by atoms with van der Waals surface area (Å²) in [6.45, 7) is 4.32. The first-order valence-corrected chi connectivity index (χ1v) is 5.17. The van der Waals surface area contributed by atoms with Crippen molar-refractivity contribution in [3.05, 3.63) is 0 Å². The Bertz CT molecular complexity index is 159. The van der Waals surface area contributed by atoms with E-state index in [-0.39, 0.29) is 11.8 Å². The number of hydrogen-bond acceptors (Lipinski definition) is 3. The molecule has 0 aliphatic rings. The van der Waals surface area contributed by atoms with Gasteiger partial charge in [-0.2, -0.15) is 0 Å². The lowest BCUT2D eigenvalue weighted by molar-refractivity contribution is -0.121. The van der Waals surface area contributed by atoms with E-state index >= 15 is 0 Å². The molecule has 14 heavy (non-hydrogen) atoms. The highest BCUT2D eigenvalue weighted by molar-refractivity contribution is 5.76. The molecule has 1 unspecified atom stereocenters. The lowest BCUT2D eigenvalue weighted by atomic mass is 10.1. The van der Waals surface area contributed by atoms with Gasteiger partial charge in [0.25, 0.3) is 0 Å². The van der Waals surface area contributed by atoms with E-state index in [4.69, 9.17) is 5.73 Å². The van der Waals surface area contributed by atoms with E-state index in [2.05, 4.69) is 10.2 Å². The average molecular weight is 201 g/mol. The van der Waals surface area contributed by atoms with Gasteiger partial charge in [-0.15, -0.1) is 0 Å². The second-order valence-electron chi connectivity index (χ2n) is 4.05. The molecule has 0 aromatic heterocycles. The maximum absolute atomic E-state index is 11.3. The standard InChI is InChI=1S/C10H23N3O/c1-9(8-11)7-10(14)12-5-4-6-13(2)3/h9H,4-8,11H2,1-3H3,(H,12,14). The number of rotatable bonds is 7. The van der Waals surface area contributed by atoms with Crippen molar-refractivity contribution in [2.45, 2.75) is 19.8 Å². The van der Waals surface area contributed by atoms with Crippen LogP contribution in [0.1, 0.15) is 19.8 Å². The fraction of sp³-hybridized carbons (Fsp3) is 0.900. The summed E-state index contributed by atoms with van der Waals surface area (Å²) < 4.78 is 0. The van der Waals surface area contributed by atoms with E-state index in [0.717, 1.165) is 19.5 Å². The van der Waals surface area contributed by atoms with Gasteiger partial charge in [-0.05, 0) is 39.5 Å². The van der Waals surface area contributed by atoms with Gasteiger partial charge < -0.3 is 16.0 Å². The van der Waals surface area contributed by atoms with Crippen molar-refractivity contribution in [2.75, 3.05) is 33.7 Å². The van der Waals surface area contributed by atoms with Crippen LogP contribution in [0.25, 0.3) is 0 Å². The van der Waals surface area contributed by atoms with E-state index in [1.807, 2.05) is 21.0 Å². The average Bonchev–Trinajstić information content (AvgIpc) is 2.12. The van der Waals surface area contributed by atoms with E-state index < -0.39 is 0 Å². The molecule has 0 rings (SSSR count). The topological polar surface area (TPSA) is 58.4 Å². The smallest absolute Gasteiger partial charge is 0.220 e. The van der Waals surface area contributed by atoms with Crippen molar-refractivity contribution >= 4 is 5.91 Å². The number of amides is 1. The SMILES string of the molecule is CC(CN)CC(=O)NCCCN(C)C. The summed E-state index contributed by atoms with van der Waals surface area (Å²) in [5, 5.41) is 2.88. The Balaban J connectivity index is 3.36. The Kier molecular flexibility index (Phi) is 7.42. The van der Waals surface area contributed by atoms with Gasteiger partial charge in [0.15, 0.2) is 0 Å². The maximum atomic E-state index is 11.3. The van der Waals surface area contributed by atoms with Gasteiger partial charge in [-0.25, -0.2) is 0 Å². The summed E-state index contributed by atoms with van der Waals surface area (Å²) in [7, 11) is 4.05. The Morgan fingerprint density at radius 1 is 1.50 bits per heavy atom. The Labute approximate surface area is 86.8 Å². The Morgan fingerprint density at radius 3 is 2.64 bits per heavy atom. The number of nitrogens with one attached hydrogen (secondary N) is 1. The summed E-state index contributed by atoms with van der Waals surface area (Å²) >= 11 is 0. The quantitative estimate of drug-likeness (QED) is 0.572. The van der Waals surface area contributed by atoms with Crippen LogP contribution in [0, 0.1) is 5.92 Å². The predicted molar refractivity (Wildman–Crippen MR) is 59.0 cm³/mol. The molecule has 3 N–H and O–H groups in total. The van der Waals surface area contributed by atoms with Crippen LogP contribution < -0.4 is 11.1 Å². The highest BCUT2D eigenvalue weighted by Gasteiger charge is 2.06. The van der Waals surface area contributed by atoms with E-state index in [0.29, 0.717) is 13.0 Å². The van der Waals surface area contributed by atoms with Crippen LogP contribution in [-0.4, -0.2) is 44.5 Å². The zero-order chi connectivity index (χ0) is 11.0. The number of nitrogens with two attached hydrogens (primary N) is 1. The van der Waals surface area contributed by atoms with Gasteiger partial charge >= 0.3 is 0 Å². The largest absolute Gasteiger partial charge is 0.356 e. The third kappa shape index (κ3) is 8.01.